The third-order valence-corrected chi connectivity index (χ3v) is 4.78. The molecule has 1 aliphatic rings. The van der Waals surface area contributed by atoms with Crippen LogP contribution in [0.25, 0.3) is 0 Å². The topological polar surface area (TPSA) is 110 Å². The number of likely N-dealkylation sites (tertiary alicyclic amines) is 1. The molecule has 1 unspecified atom stereocenters. The standard InChI is InChI=1S/C12H14FN3O4S/c1-16-10(17)6-5-8(12(16)18)15-21(19,20)9-4-2-3-7(13)11(9)14/h2-4,8,15H,5-6,14H2,1H3. The summed E-state index contributed by atoms with van der Waals surface area (Å²) in [6.45, 7) is 0. The zero-order valence-electron chi connectivity index (χ0n) is 11.2. The van der Waals surface area contributed by atoms with Crippen LogP contribution in [0.15, 0.2) is 23.1 Å². The number of imide groups is 1. The number of nitrogens with two attached hydrogens (primary N) is 1. The monoisotopic (exact) mass is 315 g/mol. The van der Waals surface area contributed by atoms with Crippen LogP contribution >= 0.6 is 0 Å². The Morgan fingerprint density at radius 1 is 1.38 bits per heavy atom. The highest BCUT2D eigenvalue weighted by atomic mass is 32.2. The van der Waals surface area contributed by atoms with Gasteiger partial charge in [0.25, 0.3) is 0 Å². The van der Waals surface area contributed by atoms with Crippen LogP contribution in [-0.4, -0.2) is 38.2 Å². The highest BCUT2D eigenvalue weighted by Gasteiger charge is 2.35. The second-order valence-corrected chi connectivity index (χ2v) is 6.34. The summed E-state index contributed by atoms with van der Waals surface area (Å²) < 4.78 is 39.9. The summed E-state index contributed by atoms with van der Waals surface area (Å²) in [7, 11) is -2.88. The second kappa shape index (κ2) is 5.41. The van der Waals surface area contributed by atoms with Gasteiger partial charge >= 0.3 is 0 Å². The van der Waals surface area contributed by atoms with E-state index in [1.165, 1.54) is 13.1 Å². The van der Waals surface area contributed by atoms with E-state index >= 15 is 0 Å². The summed E-state index contributed by atoms with van der Waals surface area (Å²) in [5.74, 6) is -1.88. The Morgan fingerprint density at radius 2 is 2.05 bits per heavy atom. The van der Waals surface area contributed by atoms with Crippen molar-refractivity contribution in [3.8, 4) is 0 Å². The number of carbonyl (C=O) groups is 2. The Kier molecular flexibility index (Phi) is 3.97. The molecule has 0 bridgehead atoms. The van der Waals surface area contributed by atoms with Gasteiger partial charge in [0.2, 0.25) is 21.8 Å². The predicted octanol–water partition coefficient (Wildman–Crippen LogP) is -0.166. The summed E-state index contributed by atoms with van der Waals surface area (Å²) in [5.41, 5.74) is 4.90. The SMILES string of the molecule is CN1C(=O)CCC(NS(=O)(=O)c2cccc(F)c2N)C1=O. The van der Waals surface area contributed by atoms with Gasteiger partial charge in [-0.05, 0) is 18.6 Å². The van der Waals surface area contributed by atoms with Crippen LogP contribution in [0.3, 0.4) is 0 Å². The summed E-state index contributed by atoms with van der Waals surface area (Å²) in [4.78, 5) is 23.6. The number of sulfonamides is 1. The van der Waals surface area contributed by atoms with E-state index in [0.717, 1.165) is 17.0 Å². The maximum absolute atomic E-state index is 13.3. The number of nitrogens with one attached hydrogen (secondary N) is 1. The van der Waals surface area contributed by atoms with Gasteiger partial charge in [0.05, 0.1) is 5.69 Å². The van der Waals surface area contributed by atoms with Crippen LogP contribution in [0.5, 0.6) is 0 Å². The number of nitrogens with zero attached hydrogens (tertiary/aromatic N) is 1. The van der Waals surface area contributed by atoms with E-state index in [2.05, 4.69) is 4.72 Å². The molecule has 0 radical (unpaired) electrons. The molecule has 1 aliphatic heterocycles. The molecule has 2 rings (SSSR count). The number of carbonyl (C=O) groups excluding carboxylic acids is 2. The van der Waals surface area contributed by atoms with E-state index < -0.39 is 38.4 Å². The lowest BCUT2D eigenvalue weighted by Crippen LogP contribution is -2.52. The number of nitrogen functional groups attached to an aromatic ring is 1. The zero-order valence-corrected chi connectivity index (χ0v) is 12.0. The van der Waals surface area contributed by atoms with Crippen LogP contribution in [-0.2, 0) is 19.6 Å². The summed E-state index contributed by atoms with van der Waals surface area (Å²) in [6, 6.07) is 2.31. The summed E-state index contributed by atoms with van der Waals surface area (Å²) in [6.07, 6.45) is 0.102. The van der Waals surface area contributed by atoms with Crippen molar-refractivity contribution >= 4 is 27.5 Å². The van der Waals surface area contributed by atoms with E-state index in [0.29, 0.717) is 0 Å². The van der Waals surface area contributed by atoms with Crippen LogP contribution in [0.1, 0.15) is 12.8 Å². The molecule has 1 atom stereocenters. The lowest BCUT2D eigenvalue weighted by molar-refractivity contribution is -0.147. The smallest absolute Gasteiger partial charge is 0.247 e. The number of benzene rings is 1. The molecule has 0 saturated carbocycles. The minimum Gasteiger partial charge on any atom is -0.395 e. The number of hydrogen-bond acceptors (Lipinski definition) is 5. The molecule has 0 spiro atoms. The molecule has 1 aromatic rings. The number of rotatable bonds is 3. The van der Waals surface area contributed by atoms with Gasteiger partial charge in [-0.15, -0.1) is 0 Å². The van der Waals surface area contributed by atoms with Crippen molar-refractivity contribution in [2.45, 2.75) is 23.8 Å². The molecule has 7 nitrogen and oxygen atoms in total. The Hall–Kier alpha value is -2.00. The van der Waals surface area contributed by atoms with Crippen LogP contribution in [0.2, 0.25) is 0 Å². The van der Waals surface area contributed by atoms with E-state index in [1.807, 2.05) is 0 Å². The minimum atomic E-state index is -4.16. The first-order valence-electron chi connectivity index (χ1n) is 6.11. The van der Waals surface area contributed by atoms with Gasteiger partial charge in [-0.25, -0.2) is 12.8 Å². The number of piperidine rings is 1. The lowest BCUT2D eigenvalue weighted by atomic mass is 10.1. The van der Waals surface area contributed by atoms with Crippen molar-refractivity contribution in [1.29, 1.82) is 0 Å². The molecule has 1 heterocycles. The van der Waals surface area contributed by atoms with E-state index in [4.69, 9.17) is 5.73 Å². The quantitative estimate of drug-likeness (QED) is 0.594. The van der Waals surface area contributed by atoms with Crippen molar-refractivity contribution in [2.24, 2.45) is 0 Å². The molecule has 9 heteroatoms. The number of anilines is 1. The van der Waals surface area contributed by atoms with Gasteiger partial charge in [0.1, 0.15) is 16.8 Å². The third-order valence-electron chi connectivity index (χ3n) is 3.25. The molecular weight excluding hydrogens is 301 g/mol. The number of amides is 2. The van der Waals surface area contributed by atoms with Gasteiger partial charge in [0.15, 0.2) is 0 Å². The second-order valence-electron chi connectivity index (χ2n) is 4.66. The van der Waals surface area contributed by atoms with E-state index in [9.17, 15) is 22.4 Å². The molecule has 21 heavy (non-hydrogen) atoms. The average Bonchev–Trinajstić information content (AvgIpc) is 2.42. The number of likely N-dealkylation sites (N-methyl/N-ethyl adjacent to an activating group) is 1. The number of para-hydroxylation sites is 1. The molecule has 114 valence electrons. The molecular formula is C12H14FN3O4S. The largest absolute Gasteiger partial charge is 0.395 e. The first-order valence-corrected chi connectivity index (χ1v) is 7.59. The Bertz CT molecular complexity index is 704. The number of halogens is 1. The molecule has 0 aromatic heterocycles. The zero-order chi connectivity index (χ0) is 15.8. The molecule has 1 fully saturated rings. The van der Waals surface area contributed by atoms with Crippen molar-refractivity contribution in [3.63, 3.8) is 0 Å². The van der Waals surface area contributed by atoms with Crippen LogP contribution < -0.4 is 10.5 Å². The Morgan fingerprint density at radius 3 is 2.71 bits per heavy atom. The van der Waals surface area contributed by atoms with Crippen molar-refractivity contribution in [3.05, 3.63) is 24.0 Å². The van der Waals surface area contributed by atoms with E-state index in [-0.39, 0.29) is 18.7 Å². The normalized spacial score (nSPS) is 19.9. The maximum Gasteiger partial charge on any atom is 0.247 e. The average molecular weight is 315 g/mol. The van der Waals surface area contributed by atoms with Gasteiger partial charge in [-0.3, -0.25) is 14.5 Å². The molecule has 0 aliphatic carbocycles. The third kappa shape index (κ3) is 2.88. The first kappa shape index (κ1) is 15.4. The Balaban J connectivity index is 2.28. The van der Waals surface area contributed by atoms with Crippen molar-refractivity contribution in [1.82, 2.24) is 9.62 Å². The van der Waals surface area contributed by atoms with Gasteiger partial charge in [-0.2, -0.15) is 4.72 Å². The number of hydrogen-bond donors (Lipinski definition) is 2. The van der Waals surface area contributed by atoms with Gasteiger partial charge in [-0.1, -0.05) is 6.07 Å². The fraction of sp³-hybridized carbons (Fsp3) is 0.333. The lowest BCUT2D eigenvalue weighted by Gasteiger charge is -2.28. The van der Waals surface area contributed by atoms with Crippen LogP contribution in [0, 0.1) is 5.82 Å². The Labute approximate surface area is 121 Å². The van der Waals surface area contributed by atoms with Crippen molar-refractivity contribution < 1.29 is 22.4 Å². The highest BCUT2D eigenvalue weighted by molar-refractivity contribution is 7.89. The summed E-state index contributed by atoms with van der Waals surface area (Å²) >= 11 is 0. The fourth-order valence-electron chi connectivity index (χ4n) is 2.03. The highest BCUT2D eigenvalue weighted by Crippen LogP contribution is 2.22. The minimum absolute atomic E-state index is 0.0497. The molecule has 1 saturated heterocycles. The first-order chi connectivity index (χ1) is 9.74. The maximum atomic E-state index is 13.3. The van der Waals surface area contributed by atoms with Crippen LogP contribution in [0.4, 0.5) is 10.1 Å². The fourth-order valence-corrected chi connectivity index (χ4v) is 3.39. The van der Waals surface area contributed by atoms with E-state index in [1.54, 1.807) is 0 Å². The summed E-state index contributed by atoms with van der Waals surface area (Å²) in [5, 5.41) is 0. The molecule has 2 amide bonds. The van der Waals surface area contributed by atoms with Gasteiger partial charge in [0, 0.05) is 13.5 Å². The molecule has 3 N–H and O–H groups in total. The molecule has 1 aromatic carbocycles. The van der Waals surface area contributed by atoms with Gasteiger partial charge < -0.3 is 5.73 Å². The van der Waals surface area contributed by atoms with Crippen molar-refractivity contribution in [2.75, 3.05) is 12.8 Å². The predicted molar refractivity (Wildman–Crippen MR) is 71.9 cm³/mol.